The maximum Gasteiger partial charge on any atom is 0.269 e. The van der Waals surface area contributed by atoms with Crippen molar-refractivity contribution in [2.24, 2.45) is 0 Å². The largest absolute Gasteiger partial charge is 0.494 e. The summed E-state index contributed by atoms with van der Waals surface area (Å²) < 4.78 is 11.0. The number of nitrogens with zero attached hydrogens (tertiary/aromatic N) is 3. The number of benzene rings is 2. The van der Waals surface area contributed by atoms with Crippen molar-refractivity contribution in [3.8, 4) is 5.75 Å². The Morgan fingerprint density at radius 3 is 2.53 bits per heavy atom. The number of rotatable bonds is 5. The van der Waals surface area contributed by atoms with Crippen molar-refractivity contribution in [3.63, 3.8) is 0 Å². The highest BCUT2D eigenvalue weighted by Crippen LogP contribution is 2.57. The van der Waals surface area contributed by atoms with Crippen molar-refractivity contribution in [1.29, 1.82) is 0 Å². The summed E-state index contributed by atoms with van der Waals surface area (Å²) in [6.07, 6.45) is 0. The van der Waals surface area contributed by atoms with E-state index in [0.717, 1.165) is 30.1 Å². The number of amides is 2. The van der Waals surface area contributed by atoms with Crippen LogP contribution in [0.15, 0.2) is 48.5 Å². The van der Waals surface area contributed by atoms with Crippen LogP contribution in [0.1, 0.15) is 19.4 Å². The first-order chi connectivity index (χ1) is 15.6. The van der Waals surface area contributed by atoms with Crippen molar-refractivity contribution >= 4 is 35.0 Å². The number of anilines is 2. The van der Waals surface area contributed by atoms with Gasteiger partial charge in [-0.05, 0) is 44.2 Å². The second kappa shape index (κ2) is 8.42. The van der Waals surface area contributed by atoms with Crippen molar-refractivity contribution < 1.29 is 19.1 Å². The SMILES string of the molecule is CCOc1ccc(N2C(=O)[C@@H](C)S[C@]23C(=O)N(CN2CCOCC2)c2ccccc23)cc1. The van der Waals surface area contributed by atoms with Gasteiger partial charge in [0, 0.05) is 24.3 Å². The smallest absolute Gasteiger partial charge is 0.269 e. The molecule has 0 N–H and O–H groups in total. The first-order valence-electron chi connectivity index (χ1n) is 11.0. The Morgan fingerprint density at radius 2 is 1.81 bits per heavy atom. The molecule has 3 aliphatic rings. The van der Waals surface area contributed by atoms with Gasteiger partial charge in [-0.1, -0.05) is 18.2 Å². The summed E-state index contributed by atoms with van der Waals surface area (Å²) in [5, 5.41) is -0.332. The molecule has 0 bridgehead atoms. The van der Waals surface area contributed by atoms with Gasteiger partial charge < -0.3 is 9.47 Å². The van der Waals surface area contributed by atoms with Gasteiger partial charge >= 0.3 is 0 Å². The second-order valence-electron chi connectivity index (χ2n) is 8.13. The van der Waals surface area contributed by atoms with Gasteiger partial charge in [-0.2, -0.15) is 0 Å². The molecule has 0 unspecified atom stereocenters. The molecule has 2 atom stereocenters. The summed E-state index contributed by atoms with van der Waals surface area (Å²) in [4.78, 5) is 32.2. The third kappa shape index (κ3) is 3.29. The predicted molar refractivity (Wildman–Crippen MR) is 125 cm³/mol. The summed E-state index contributed by atoms with van der Waals surface area (Å²) in [6, 6.07) is 15.3. The van der Waals surface area contributed by atoms with E-state index in [1.54, 1.807) is 4.90 Å². The molecule has 2 fully saturated rings. The highest BCUT2D eigenvalue weighted by molar-refractivity contribution is 8.03. The molecule has 168 valence electrons. The minimum absolute atomic E-state index is 0.0597. The zero-order chi connectivity index (χ0) is 22.3. The van der Waals surface area contributed by atoms with Crippen LogP contribution in [0.5, 0.6) is 5.75 Å². The number of thioether (sulfide) groups is 1. The number of hydrogen-bond donors (Lipinski definition) is 0. The summed E-state index contributed by atoms with van der Waals surface area (Å²) in [5.41, 5.74) is 2.44. The number of fused-ring (bicyclic) bond motifs is 2. The first kappa shape index (κ1) is 21.3. The van der Waals surface area contributed by atoms with E-state index in [1.165, 1.54) is 11.8 Å². The van der Waals surface area contributed by atoms with Crippen LogP contribution >= 0.6 is 11.8 Å². The second-order valence-corrected chi connectivity index (χ2v) is 9.66. The summed E-state index contributed by atoms with van der Waals surface area (Å²) in [5.74, 6) is 0.613. The first-order valence-corrected chi connectivity index (χ1v) is 11.9. The monoisotopic (exact) mass is 453 g/mol. The lowest BCUT2D eigenvalue weighted by Crippen LogP contribution is -2.52. The molecular formula is C24H27N3O4S. The molecule has 8 heteroatoms. The standard InChI is InChI=1S/C24H27N3O4S/c1-3-31-19-10-8-18(9-11-19)27-22(28)17(2)32-24(27)20-6-4-5-7-21(20)26(23(24)29)16-25-12-14-30-15-13-25/h4-11,17H,3,12-16H2,1-2H3/t17-,24-/m1/s1. The molecule has 32 heavy (non-hydrogen) atoms. The van der Waals surface area contributed by atoms with Crippen LogP contribution in [0.4, 0.5) is 11.4 Å². The van der Waals surface area contributed by atoms with Crippen LogP contribution in [0, 0.1) is 0 Å². The molecule has 2 amide bonds. The van der Waals surface area contributed by atoms with Gasteiger partial charge in [0.1, 0.15) is 5.75 Å². The lowest BCUT2D eigenvalue weighted by Gasteiger charge is -2.35. The van der Waals surface area contributed by atoms with Crippen LogP contribution in [0.2, 0.25) is 0 Å². The molecule has 0 saturated carbocycles. The predicted octanol–water partition coefficient (Wildman–Crippen LogP) is 3.04. The minimum atomic E-state index is -1.10. The van der Waals surface area contributed by atoms with Crippen LogP contribution in [0.3, 0.4) is 0 Å². The minimum Gasteiger partial charge on any atom is -0.494 e. The van der Waals surface area contributed by atoms with Crippen molar-refractivity contribution in [2.75, 3.05) is 49.4 Å². The van der Waals surface area contributed by atoms with Gasteiger partial charge in [-0.25, -0.2) is 0 Å². The maximum atomic E-state index is 14.1. The van der Waals surface area contributed by atoms with E-state index in [-0.39, 0.29) is 17.1 Å². The van der Waals surface area contributed by atoms with Gasteiger partial charge in [0.2, 0.25) is 10.8 Å². The number of morpholine rings is 1. The summed E-state index contributed by atoms with van der Waals surface area (Å²) >= 11 is 1.43. The molecule has 0 aliphatic carbocycles. The van der Waals surface area contributed by atoms with E-state index in [1.807, 2.05) is 67.3 Å². The number of carbonyl (C=O) groups excluding carboxylic acids is 2. The highest BCUT2D eigenvalue weighted by atomic mass is 32.2. The Kier molecular flexibility index (Phi) is 5.61. The normalized spacial score (nSPS) is 25.6. The molecule has 7 nitrogen and oxygen atoms in total. The number of carbonyl (C=O) groups is 2. The molecule has 5 rings (SSSR count). The van der Waals surface area contributed by atoms with Crippen LogP contribution < -0.4 is 14.5 Å². The van der Waals surface area contributed by atoms with Crippen LogP contribution in [-0.4, -0.2) is 61.5 Å². The van der Waals surface area contributed by atoms with Crippen molar-refractivity contribution in [3.05, 3.63) is 54.1 Å². The average Bonchev–Trinajstić information content (AvgIpc) is 3.21. The molecule has 2 aromatic rings. The van der Waals surface area contributed by atoms with E-state index in [9.17, 15) is 9.59 Å². The lowest BCUT2D eigenvalue weighted by atomic mass is 10.0. The maximum absolute atomic E-state index is 14.1. The zero-order valence-electron chi connectivity index (χ0n) is 18.3. The topological polar surface area (TPSA) is 62.3 Å². The Bertz CT molecular complexity index is 1020. The van der Waals surface area contributed by atoms with E-state index in [2.05, 4.69) is 4.90 Å². The summed E-state index contributed by atoms with van der Waals surface area (Å²) in [6.45, 7) is 7.76. The zero-order valence-corrected chi connectivity index (χ0v) is 19.1. The van der Waals surface area contributed by atoms with E-state index < -0.39 is 4.87 Å². The van der Waals surface area contributed by atoms with Crippen molar-refractivity contribution in [2.45, 2.75) is 24.0 Å². The fourth-order valence-electron chi connectivity index (χ4n) is 4.68. The molecular weight excluding hydrogens is 426 g/mol. The van der Waals surface area contributed by atoms with E-state index in [4.69, 9.17) is 9.47 Å². The van der Waals surface area contributed by atoms with Gasteiger partial charge in [0.15, 0.2) is 0 Å². The van der Waals surface area contributed by atoms with Gasteiger partial charge in [-0.3, -0.25) is 24.3 Å². The molecule has 2 aromatic carbocycles. The molecule has 3 aliphatic heterocycles. The lowest BCUT2D eigenvalue weighted by molar-refractivity contribution is -0.124. The van der Waals surface area contributed by atoms with E-state index >= 15 is 0 Å². The quantitative estimate of drug-likeness (QED) is 0.694. The van der Waals surface area contributed by atoms with Crippen LogP contribution in [0.25, 0.3) is 0 Å². The Morgan fingerprint density at radius 1 is 1.09 bits per heavy atom. The Balaban J connectivity index is 1.57. The van der Waals surface area contributed by atoms with Gasteiger partial charge in [-0.15, -0.1) is 11.8 Å². The third-order valence-corrected chi connectivity index (χ3v) is 7.65. The third-order valence-electron chi connectivity index (χ3n) is 6.18. The average molecular weight is 454 g/mol. The van der Waals surface area contributed by atoms with Crippen molar-refractivity contribution in [1.82, 2.24) is 4.90 Å². The molecule has 0 aromatic heterocycles. The van der Waals surface area contributed by atoms with E-state index in [0.29, 0.717) is 32.2 Å². The fourth-order valence-corrected chi connectivity index (χ4v) is 6.21. The summed E-state index contributed by atoms with van der Waals surface area (Å²) in [7, 11) is 0. The van der Waals surface area contributed by atoms with Crippen LogP contribution in [-0.2, 0) is 19.2 Å². The number of hydrogen-bond acceptors (Lipinski definition) is 6. The Hall–Kier alpha value is -2.55. The number of ether oxygens (including phenoxy) is 2. The molecule has 3 heterocycles. The van der Waals surface area contributed by atoms with Gasteiger partial charge in [0.05, 0.1) is 37.4 Å². The molecule has 1 spiro atoms. The molecule has 2 saturated heterocycles. The fraction of sp³-hybridized carbons (Fsp3) is 0.417. The molecule has 0 radical (unpaired) electrons. The Labute approximate surface area is 192 Å². The number of para-hydroxylation sites is 1. The van der Waals surface area contributed by atoms with Gasteiger partial charge in [0.25, 0.3) is 5.91 Å². The highest BCUT2D eigenvalue weighted by Gasteiger charge is 2.63.